The Morgan fingerprint density at radius 3 is 2.56 bits per heavy atom. The minimum Gasteiger partial charge on any atom is -0.322 e. The average molecular weight is 240 g/mol. The summed E-state index contributed by atoms with van der Waals surface area (Å²) in [4.78, 5) is 16.2. The van der Waals surface area contributed by atoms with Gasteiger partial charge in [-0.3, -0.25) is 9.78 Å². The fraction of sp³-hybridized carbons (Fsp3) is 0.200. The first-order valence-corrected chi connectivity index (χ1v) is 5.87. The maximum absolute atomic E-state index is 12.2. The van der Waals surface area contributed by atoms with E-state index >= 15 is 0 Å². The minimum atomic E-state index is -0.0817. The van der Waals surface area contributed by atoms with Gasteiger partial charge >= 0.3 is 0 Å². The number of nitrogens with one attached hydrogen (secondary N) is 1. The molecule has 2 aromatic rings. The zero-order valence-electron chi connectivity index (χ0n) is 10.8. The van der Waals surface area contributed by atoms with Crippen molar-refractivity contribution < 1.29 is 4.79 Å². The zero-order valence-corrected chi connectivity index (χ0v) is 10.8. The Labute approximate surface area is 107 Å². The van der Waals surface area contributed by atoms with Crippen LogP contribution < -0.4 is 5.32 Å². The van der Waals surface area contributed by atoms with Crippen molar-refractivity contribution >= 4 is 11.6 Å². The number of carbonyl (C=O) groups is 1. The number of amides is 1. The molecule has 0 spiro atoms. The third kappa shape index (κ3) is 2.56. The molecular weight excluding hydrogens is 224 g/mol. The summed E-state index contributed by atoms with van der Waals surface area (Å²) in [5.41, 5.74) is 4.60. The first-order chi connectivity index (χ1) is 8.58. The van der Waals surface area contributed by atoms with Crippen molar-refractivity contribution in [2.75, 3.05) is 5.32 Å². The first kappa shape index (κ1) is 12.3. The van der Waals surface area contributed by atoms with Crippen LogP contribution >= 0.6 is 0 Å². The maximum Gasteiger partial charge on any atom is 0.255 e. The predicted molar refractivity (Wildman–Crippen MR) is 72.8 cm³/mol. The standard InChI is InChI=1S/C15H16N2O/c1-10-4-5-13(11(2)8-10)15(18)17-14-6-7-16-9-12(14)3/h4-9H,1-3H3,(H,16,17,18). The van der Waals surface area contributed by atoms with Crippen molar-refractivity contribution in [1.29, 1.82) is 0 Å². The third-order valence-electron chi connectivity index (χ3n) is 2.90. The Bertz CT molecular complexity index is 591. The molecule has 0 radical (unpaired) electrons. The Balaban J connectivity index is 2.25. The monoisotopic (exact) mass is 240 g/mol. The van der Waals surface area contributed by atoms with Crippen molar-refractivity contribution in [2.24, 2.45) is 0 Å². The SMILES string of the molecule is Cc1ccc(C(=O)Nc2ccncc2C)c(C)c1. The molecule has 0 saturated carbocycles. The molecule has 0 unspecified atom stereocenters. The van der Waals surface area contributed by atoms with E-state index in [9.17, 15) is 4.79 Å². The second-order valence-corrected chi connectivity index (χ2v) is 4.46. The van der Waals surface area contributed by atoms with Gasteiger partial charge in [-0.25, -0.2) is 0 Å². The van der Waals surface area contributed by atoms with E-state index in [0.717, 1.165) is 22.4 Å². The molecule has 0 saturated heterocycles. The minimum absolute atomic E-state index is 0.0817. The Morgan fingerprint density at radius 1 is 1.11 bits per heavy atom. The lowest BCUT2D eigenvalue weighted by Gasteiger charge is -2.10. The number of pyridine rings is 1. The predicted octanol–water partition coefficient (Wildman–Crippen LogP) is 3.26. The van der Waals surface area contributed by atoms with Crippen LogP contribution in [0.2, 0.25) is 0 Å². The molecule has 3 nitrogen and oxygen atoms in total. The van der Waals surface area contributed by atoms with Gasteiger partial charge in [0.2, 0.25) is 0 Å². The smallest absolute Gasteiger partial charge is 0.255 e. The van der Waals surface area contributed by atoms with Crippen LogP contribution in [0.15, 0.2) is 36.7 Å². The van der Waals surface area contributed by atoms with E-state index < -0.39 is 0 Å². The molecule has 1 aromatic carbocycles. The summed E-state index contributed by atoms with van der Waals surface area (Å²) in [5.74, 6) is -0.0817. The summed E-state index contributed by atoms with van der Waals surface area (Å²) in [6, 6.07) is 7.61. The molecule has 0 aliphatic carbocycles. The first-order valence-electron chi connectivity index (χ1n) is 5.87. The van der Waals surface area contributed by atoms with Gasteiger partial charge in [0.05, 0.1) is 0 Å². The van der Waals surface area contributed by atoms with Crippen molar-refractivity contribution in [3.8, 4) is 0 Å². The molecule has 92 valence electrons. The molecule has 0 bridgehead atoms. The van der Waals surface area contributed by atoms with Gasteiger partial charge in [0.25, 0.3) is 5.91 Å². The Hall–Kier alpha value is -2.16. The second-order valence-electron chi connectivity index (χ2n) is 4.46. The van der Waals surface area contributed by atoms with Crippen LogP contribution in [0.1, 0.15) is 27.0 Å². The lowest BCUT2D eigenvalue weighted by atomic mass is 10.1. The van der Waals surface area contributed by atoms with E-state index in [4.69, 9.17) is 0 Å². The fourth-order valence-corrected chi connectivity index (χ4v) is 1.87. The van der Waals surface area contributed by atoms with Crippen LogP contribution in [-0.2, 0) is 0 Å². The lowest BCUT2D eigenvalue weighted by molar-refractivity contribution is 0.102. The Morgan fingerprint density at radius 2 is 1.89 bits per heavy atom. The number of hydrogen-bond acceptors (Lipinski definition) is 2. The highest BCUT2D eigenvalue weighted by Crippen LogP contribution is 2.16. The molecule has 1 heterocycles. The number of aromatic nitrogens is 1. The highest BCUT2D eigenvalue weighted by Gasteiger charge is 2.10. The third-order valence-corrected chi connectivity index (χ3v) is 2.90. The van der Waals surface area contributed by atoms with Crippen LogP contribution in [0.25, 0.3) is 0 Å². The van der Waals surface area contributed by atoms with Crippen molar-refractivity contribution in [3.63, 3.8) is 0 Å². The van der Waals surface area contributed by atoms with Gasteiger partial charge in [-0.2, -0.15) is 0 Å². The molecule has 0 fully saturated rings. The summed E-state index contributed by atoms with van der Waals surface area (Å²) in [5, 5.41) is 2.91. The van der Waals surface area contributed by atoms with E-state index in [-0.39, 0.29) is 5.91 Å². The van der Waals surface area contributed by atoms with E-state index in [2.05, 4.69) is 10.3 Å². The van der Waals surface area contributed by atoms with Crippen LogP contribution in [0.4, 0.5) is 5.69 Å². The molecule has 0 aliphatic heterocycles. The summed E-state index contributed by atoms with van der Waals surface area (Å²) < 4.78 is 0. The highest BCUT2D eigenvalue weighted by atomic mass is 16.1. The number of nitrogens with zero attached hydrogens (tertiary/aromatic N) is 1. The number of anilines is 1. The summed E-state index contributed by atoms with van der Waals surface area (Å²) in [6.07, 6.45) is 3.40. The van der Waals surface area contributed by atoms with E-state index in [0.29, 0.717) is 5.56 Å². The maximum atomic E-state index is 12.2. The summed E-state index contributed by atoms with van der Waals surface area (Å²) in [6.45, 7) is 5.88. The number of hydrogen-bond donors (Lipinski definition) is 1. The number of aryl methyl sites for hydroxylation is 3. The van der Waals surface area contributed by atoms with Gasteiger partial charge in [-0.1, -0.05) is 17.7 Å². The normalized spacial score (nSPS) is 10.2. The number of carbonyl (C=O) groups excluding carboxylic acids is 1. The molecule has 0 aliphatic rings. The topological polar surface area (TPSA) is 42.0 Å². The highest BCUT2D eigenvalue weighted by molar-refractivity contribution is 6.05. The van der Waals surface area contributed by atoms with Crippen LogP contribution in [-0.4, -0.2) is 10.9 Å². The fourth-order valence-electron chi connectivity index (χ4n) is 1.87. The summed E-state index contributed by atoms with van der Waals surface area (Å²) in [7, 11) is 0. The molecule has 0 atom stereocenters. The molecule has 1 aromatic heterocycles. The van der Waals surface area contributed by atoms with Crippen LogP contribution in [0.3, 0.4) is 0 Å². The average Bonchev–Trinajstić information content (AvgIpc) is 2.32. The molecular formula is C15H16N2O. The molecule has 2 rings (SSSR count). The van der Waals surface area contributed by atoms with E-state index in [1.807, 2.05) is 39.0 Å². The quantitative estimate of drug-likeness (QED) is 0.875. The second kappa shape index (κ2) is 5.00. The van der Waals surface area contributed by atoms with Crippen molar-refractivity contribution in [2.45, 2.75) is 20.8 Å². The zero-order chi connectivity index (χ0) is 13.1. The van der Waals surface area contributed by atoms with Gasteiger partial charge in [0.1, 0.15) is 0 Å². The Kier molecular flexibility index (Phi) is 3.42. The van der Waals surface area contributed by atoms with Crippen molar-refractivity contribution in [3.05, 3.63) is 58.9 Å². The lowest BCUT2D eigenvalue weighted by Crippen LogP contribution is -2.14. The van der Waals surface area contributed by atoms with Gasteiger partial charge in [0.15, 0.2) is 0 Å². The number of benzene rings is 1. The summed E-state index contributed by atoms with van der Waals surface area (Å²) >= 11 is 0. The molecule has 1 N–H and O–H groups in total. The van der Waals surface area contributed by atoms with Crippen LogP contribution in [0.5, 0.6) is 0 Å². The van der Waals surface area contributed by atoms with E-state index in [1.165, 1.54) is 0 Å². The van der Waals surface area contributed by atoms with Gasteiger partial charge in [0, 0.05) is 23.6 Å². The number of rotatable bonds is 2. The van der Waals surface area contributed by atoms with Crippen molar-refractivity contribution in [1.82, 2.24) is 4.98 Å². The molecule has 3 heteroatoms. The largest absolute Gasteiger partial charge is 0.322 e. The molecule has 1 amide bonds. The van der Waals surface area contributed by atoms with Gasteiger partial charge in [-0.15, -0.1) is 0 Å². The van der Waals surface area contributed by atoms with Gasteiger partial charge < -0.3 is 5.32 Å². The van der Waals surface area contributed by atoms with Crippen LogP contribution in [0, 0.1) is 20.8 Å². The molecule has 18 heavy (non-hydrogen) atoms. The van der Waals surface area contributed by atoms with E-state index in [1.54, 1.807) is 18.5 Å². The van der Waals surface area contributed by atoms with Gasteiger partial charge in [-0.05, 0) is 44.0 Å².